The minimum Gasteiger partial charge on any atom is -0.420 e. The number of nitrogens with one attached hydrogen (secondary N) is 1. The fourth-order valence-corrected chi connectivity index (χ4v) is 2.13. The van der Waals surface area contributed by atoms with Crippen LogP contribution in [0.25, 0.3) is 12.2 Å². The molecule has 25 heavy (non-hydrogen) atoms. The van der Waals surface area contributed by atoms with Gasteiger partial charge in [-0.1, -0.05) is 24.3 Å². The smallest absolute Gasteiger partial charge is 0.232 e. The minimum absolute atomic E-state index is 0.126. The summed E-state index contributed by atoms with van der Waals surface area (Å²) in [7, 11) is 0. The highest BCUT2D eigenvalue weighted by molar-refractivity contribution is 5.67. The number of nitrogens with zero attached hydrogens (tertiary/aromatic N) is 2. The lowest BCUT2D eigenvalue weighted by atomic mass is 10.2. The van der Waals surface area contributed by atoms with Crippen molar-refractivity contribution in [1.29, 1.82) is 5.26 Å². The second kappa shape index (κ2) is 7.41. The molecule has 0 amide bonds. The van der Waals surface area contributed by atoms with E-state index in [0.29, 0.717) is 6.54 Å². The Morgan fingerprint density at radius 3 is 2.28 bits per heavy atom. The maximum absolute atomic E-state index is 12.9. The van der Waals surface area contributed by atoms with Gasteiger partial charge in [0.05, 0.1) is 0 Å². The van der Waals surface area contributed by atoms with Gasteiger partial charge in [0.2, 0.25) is 17.5 Å². The van der Waals surface area contributed by atoms with Gasteiger partial charge in [-0.05, 0) is 41.5 Å². The van der Waals surface area contributed by atoms with E-state index < -0.39 is 0 Å². The summed E-state index contributed by atoms with van der Waals surface area (Å²) in [6, 6.07) is 13.9. The van der Waals surface area contributed by atoms with Crippen molar-refractivity contribution in [1.82, 2.24) is 4.98 Å². The van der Waals surface area contributed by atoms with Crippen molar-refractivity contribution in [2.75, 3.05) is 5.32 Å². The molecule has 0 aliphatic rings. The fourth-order valence-electron chi connectivity index (χ4n) is 2.13. The number of hydrogen-bond donors (Lipinski definition) is 1. The SMILES string of the molecule is N#Cc1nc(/C=C/c2ccc(F)cc2)oc1NCc1ccc(F)cc1. The van der Waals surface area contributed by atoms with Crippen LogP contribution >= 0.6 is 0 Å². The first-order chi connectivity index (χ1) is 12.1. The normalized spacial score (nSPS) is 10.8. The van der Waals surface area contributed by atoms with Crippen LogP contribution in [0.3, 0.4) is 0 Å². The summed E-state index contributed by atoms with van der Waals surface area (Å²) in [5.41, 5.74) is 1.74. The van der Waals surface area contributed by atoms with E-state index in [4.69, 9.17) is 9.68 Å². The van der Waals surface area contributed by atoms with Crippen LogP contribution in [0.1, 0.15) is 22.7 Å². The third kappa shape index (κ3) is 4.30. The molecule has 1 aromatic heterocycles. The van der Waals surface area contributed by atoms with Crippen LogP contribution in [-0.4, -0.2) is 4.98 Å². The Morgan fingerprint density at radius 1 is 1.00 bits per heavy atom. The van der Waals surface area contributed by atoms with E-state index in [1.807, 2.05) is 6.07 Å². The van der Waals surface area contributed by atoms with Crippen LogP contribution in [-0.2, 0) is 6.54 Å². The van der Waals surface area contributed by atoms with Gasteiger partial charge >= 0.3 is 0 Å². The lowest BCUT2D eigenvalue weighted by Gasteiger charge is -2.02. The first-order valence-electron chi connectivity index (χ1n) is 7.47. The second-order valence-electron chi connectivity index (χ2n) is 5.21. The summed E-state index contributed by atoms with van der Waals surface area (Å²) >= 11 is 0. The summed E-state index contributed by atoms with van der Waals surface area (Å²) in [6.45, 7) is 0.366. The molecule has 0 saturated heterocycles. The Morgan fingerprint density at radius 2 is 1.64 bits per heavy atom. The molecule has 6 heteroatoms. The molecule has 1 N–H and O–H groups in total. The Bertz CT molecular complexity index is 923. The molecule has 0 saturated carbocycles. The van der Waals surface area contributed by atoms with Crippen molar-refractivity contribution in [3.05, 3.63) is 82.9 Å². The molecule has 0 spiro atoms. The van der Waals surface area contributed by atoms with Gasteiger partial charge in [0.15, 0.2) is 0 Å². The number of halogens is 2. The maximum Gasteiger partial charge on any atom is 0.232 e. The molecule has 0 bridgehead atoms. The first kappa shape index (κ1) is 16.4. The van der Waals surface area contributed by atoms with Crippen molar-refractivity contribution in [3.8, 4) is 6.07 Å². The van der Waals surface area contributed by atoms with Crippen LogP contribution in [0.5, 0.6) is 0 Å². The highest BCUT2D eigenvalue weighted by atomic mass is 19.1. The number of benzene rings is 2. The van der Waals surface area contributed by atoms with E-state index in [1.54, 1.807) is 36.4 Å². The average molecular weight is 337 g/mol. The Balaban J connectivity index is 1.71. The molecule has 0 atom stereocenters. The molecular formula is C19H13F2N3O. The zero-order valence-electron chi connectivity index (χ0n) is 13.0. The largest absolute Gasteiger partial charge is 0.420 e. The van der Waals surface area contributed by atoms with Gasteiger partial charge in [-0.2, -0.15) is 10.2 Å². The summed E-state index contributed by atoms with van der Waals surface area (Å²) in [4.78, 5) is 4.08. The lowest BCUT2D eigenvalue weighted by Crippen LogP contribution is -1.99. The van der Waals surface area contributed by atoms with E-state index in [9.17, 15) is 8.78 Å². The van der Waals surface area contributed by atoms with Gasteiger partial charge in [-0.15, -0.1) is 0 Å². The molecule has 0 radical (unpaired) electrons. The van der Waals surface area contributed by atoms with Crippen molar-refractivity contribution in [2.45, 2.75) is 6.54 Å². The second-order valence-corrected chi connectivity index (χ2v) is 5.21. The number of nitriles is 1. The molecule has 124 valence electrons. The number of hydrogen-bond acceptors (Lipinski definition) is 4. The molecule has 3 aromatic rings. The van der Waals surface area contributed by atoms with Crippen molar-refractivity contribution in [2.24, 2.45) is 0 Å². The van der Waals surface area contributed by atoms with Gasteiger partial charge in [0.1, 0.15) is 17.7 Å². The maximum atomic E-state index is 12.9. The van der Waals surface area contributed by atoms with E-state index in [-0.39, 0.29) is 29.1 Å². The Labute approximate surface area is 143 Å². The Kier molecular flexibility index (Phi) is 4.86. The minimum atomic E-state index is -0.313. The highest BCUT2D eigenvalue weighted by Gasteiger charge is 2.11. The molecule has 4 nitrogen and oxygen atoms in total. The third-order valence-corrected chi connectivity index (χ3v) is 3.40. The topological polar surface area (TPSA) is 61.9 Å². The van der Waals surface area contributed by atoms with Gasteiger partial charge in [-0.25, -0.2) is 8.78 Å². The van der Waals surface area contributed by atoms with E-state index >= 15 is 0 Å². The van der Waals surface area contributed by atoms with E-state index in [0.717, 1.165) is 11.1 Å². The van der Waals surface area contributed by atoms with Crippen molar-refractivity contribution < 1.29 is 13.2 Å². The molecule has 1 heterocycles. The summed E-state index contributed by atoms with van der Waals surface area (Å²) in [5.74, 6) is -0.130. The number of anilines is 1. The molecule has 2 aromatic carbocycles. The molecule has 3 rings (SSSR count). The molecule has 0 fully saturated rings. The number of oxazole rings is 1. The molecule has 0 aliphatic heterocycles. The lowest BCUT2D eigenvalue weighted by molar-refractivity contribution is 0.557. The highest BCUT2D eigenvalue weighted by Crippen LogP contribution is 2.19. The van der Waals surface area contributed by atoms with Gasteiger partial charge in [0, 0.05) is 12.6 Å². The van der Waals surface area contributed by atoms with Crippen LogP contribution in [0.15, 0.2) is 52.9 Å². The van der Waals surface area contributed by atoms with Crippen LogP contribution in [0, 0.1) is 23.0 Å². The summed E-state index contributed by atoms with van der Waals surface area (Å²) < 4.78 is 31.3. The molecule has 0 aliphatic carbocycles. The van der Waals surface area contributed by atoms with Gasteiger partial charge in [-0.3, -0.25) is 0 Å². The summed E-state index contributed by atoms with van der Waals surface area (Å²) in [5, 5.41) is 12.1. The van der Waals surface area contributed by atoms with Crippen LogP contribution in [0.4, 0.5) is 14.7 Å². The summed E-state index contributed by atoms with van der Waals surface area (Å²) in [6.07, 6.45) is 3.30. The number of aromatic nitrogens is 1. The van der Waals surface area contributed by atoms with Gasteiger partial charge < -0.3 is 9.73 Å². The zero-order chi connectivity index (χ0) is 17.6. The zero-order valence-corrected chi connectivity index (χ0v) is 13.0. The number of rotatable bonds is 5. The molecular weight excluding hydrogens is 324 g/mol. The molecule has 0 unspecified atom stereocenters. The van der Waals surface area contributed by atoms with Crippen molar-refractivity contribution in [3.63, 3.8) is 0 Å². The standard InChI is InChI=1S/C19H13F2N3O/c20-15-6-1-13(2-7-15)5-10-18-24-17(11-22)19(25-18)23-12-14-3-8-16(21)9-4-14/h1-10,23H,12H2/b10-5+. The predicted octanol–water partition coefficient (Wildman–Crippen LogP) is 4.61. The third-order valence-electron chi connectivity index (χ3n) is 3.40. The fraction of sp³-hybridized carbons (Fsp3) is 0.0526. The van der Waals surface area contributed by atoms with Crippen molar-refractivity contribution >= 4 is 18.0 Å². The van der Waals surface area contributed by atoms with E-state index in [2.05, 4.69) is 10.3 Å². The van der Waals surface area contributed by atoms with E-state index in [1.165, 1.54) is 24.3 Å². The monoisotopic (exact) mass is 337 g/mol. The Hall–Kier alpha value is -3.46. The predicted molar refractivity (Wildman–Crippen MR) is 90.3 cm³/mol. The van der Waals surface area contributed by atoms with Gasteiger partial charge in [0.25, 0.3) is 0 Å². The van der Waals surface area contributed by atoms with Crippen LogP contribution in [0.2, 0.25) is 0 Å². The average Bonchev–Trinajstić information content (AvgIpc) is 3.03. The quantitative estimate of drug-likeness (QED) is 0.739. The van der Waals surface area contributed by atoms with Crippen LogP contribution < -0.4 is 5.32 Å². The first-order valence-corrected chi connectivity index (χ1v) is 7.47.